The van der Waals surface area contributed by atoms with Gasteiger partial charge in [-0.3, -0.25) is 9.52 Å². The van der Waals surface area contributed by atoms with Gasteiger partial charge in [0.25, 0.3) is 10.0 Å². The normalized spacial score (nSPS) is 12.2. The first kappa shape index (κ1) is 26.0. The highest BCUT2D eigenvalue weighted by atomic mass is 32.2. The molecule has 3 aromatic heterocycles. The number of aromatic amines is 2. The number of nitrogens with one attached hydrogen (secondary N) is 3. The van der Waals surface area contributed by atoms with Crippen LogP contribution in [0.25, 0.3) is 22.4 Å². The standard InChI is InChI=1S/C25H16F5N5O3S/c1-12-9-31-23(34-12)13-8-16-17(11-33-24(16)32-10-13)22(36)20-18(26)6-7-19(21(20)27)35-39(37,38)15-4-2-14(3-5-15)25(28,29)30/h2-11,35H,1H3,(H,31,34)(H,32,33). The van der Waals surface area contributed by atoms with Gasteiger partial charge in [-0.15, -0.1) is 0 Å². The van der Waals surface area contributed by atoms with E-state index in [-0.39, 0.29) is 16.6 Å². The lowest BCUT2D eigenvalue weighted by Crippen LogP contribution is -2.17. The minimum atomic E-state index is -4.69. The lowest BCUT2D eigenvalue weighted by atomic mass is 10.0. The van der Waals surface area contributed by atoms with Gasteiger partial charge in [0.1, 0.15) is 17.3 Å². The van der Waals surface area contributed by atoms with Crippen LogP contribution in [0.4, 0.5) is 27.6 Å². The molecule has 0 unspecified atom stereocenters. The summed E-state index contributed by atoms with van der Waals surface area (Å²) in [4.78, 5) is 26.9. The number of pyridine rings is 1. The van der Waals surface area contributed by atoms with Gasteiger partial charge in [-0.25, -0.2) is 27.2 Å². The third-order valence-corrected chi connectivity index (χ3v) is 7.19. The molecule has 0 aliphatic rings. The molecule has 5 aromatic rings. The number of carbonyl (C=O) groups is 1. The quantitative estimate of drug-likeness (QED) is 0.184. The molecule has 0 fully saturated rings. The molecule has 0 aliphatic carbocycles. The zero-order valence-corrected chi connectivity index (χ0v) is 20.5. The van der Waals surface area contributed by atoms with E-state index in [1.807, 2.05) is 4.72 Å². The SMILES string of the molecule is Cc1cnc(-c2cnc3[nH]cc(C(=O)c4c(F)ccc(NS(=O)(=O)c5ccc(C(F)(F)F)cc5)c4F)c3c2)[nH]1. The van der Waals surface area contributed by atoms with E-state index in [0.717, 1.165) is 11.8 Å². The van der Waals surface area contributed by atoms with Crippen LogP contribution in [-0.4, -0.2) is 34.1 Å². The first-order valence-corrected chi connectivity index (χ1v) is 12.6. The predicted molar refractivity (Wildman–Crippen MR) is 130 cm³/mol. The fourth-order valence-electron chi connectivity index (χ4n) is 3.88. The minimum absolute atomic E-state index is 0.136. The molecule has 0 bridgehead atoms. The van der Waals surface area contributed by atoms with Crippen molar-refractivity contribution in [3.63, 3.8) is 0 Å². The van der Waals surface area contributed by atoms with E-state index < -0.39 is 55.3 Å². The third-order valence-electron chi connectivity index (χ3n) is 5.81. The van der Waals surface area contributed by atoms with Crippen molar-refractivity contribution in [3.05, 3.63) is 95.1 Å². The van der Waals surface area contributed by atoms with Gasteiger partial charge < -0.3 is 9.97 Å². The van der Waals surface area contributed by atoms with Crippen molar-refractivity contribution in [2.75, 3.05) is 4.72 Å². The lowest BCUT2D eigenvalue weighted by molar-refractivity contribution is -0.137. The summed E-state index contributed by atoms with van der Waals surface area (Å²) in [6.07, 6.45) is -0.396. The Kier molecular flexibility index (Phi) is 6.21. The Morgan fingerprint density at radius 2 is 1.72 bits per heavy atom. The van der Waals surface area contributed by atoms with Gasteiger partial charge in [-0.05, 0) is 49.4 Å². The van der Waals surface area contributed by atoms with Crippen LogP contribution in [0.2, 0.25) is 0 Å². The molecule has 200 valence electrons. The summed E-state index contributed by atoms with van der Waals surface area (Å²) in [5.41, 5.74) is -1.50. The first-order chi connectivity index (χ1) is 18.3. The number of hydrogen-bond donors (Lipinski definition) is 3. The molecule has 0 atom stereocenters. The Hall–Kier alpha value is -4.59. The number of imidazole rings is 1. The van der Waals surface area contributed by atoms with Crippen LogP contribution in [0.15, 0.2) is 66.0 Å². The van der Waals surface area contributed by atoms with E-state index in [0.29, 0.717) is 41.7 Å². The summed E-state index contributed by atoms with van der Waals surface area (Å²) in [7, 11) is -4.59. The first-order valence-electron chi connectivity index (χ1n) is 11.1. The van der Waals surface area contributed by atoms with Gasteiger partial charge in [0.2, 0.25) is 5.78 Å². The van der Waals surface area contributed by atoms with Gasteiger partial charge in [0, 0.05) is 40.8 Å². The number of alkyl halides is 3. The fourth-order valence-corrected chi connectivity index (χ4v) is 4.94. The van der Waals surface area contributed by atoms with Gasteiger partial charge in [0.05, 0.1) is 21.7 Å². The Morgan fingerprint density at radius 3 is 2.36 bits per heavy atom. The number of ketones is 1. The fraction of sp³-hybridized carbons (Fsp3) is 0.0800. The van der Waals surface area contributed by atoms with E-state index >= 15 is 4.39 Å². The van der Waals surface area contributed by atoms with Gasteiger partial charge >= 0.3 is 6.18 Å². The van der Waals surface area contributed by atoms with Crippen LogP contribution >= 0.6 is 0 Å². The van der Waals surface area contributed by atoms with Gasteiger partial charge in [-0.1, -0.05) is 0 Å². The average Bonchev–Trinajstić information content (AvgIpc) is 3.51. The number of hydrogen-bond acceptors (Lipinski definition) is 5. The van der Waals surface area contributed by atoms with E-state index in [1.165, 1.54) is 12.4 Å². The second kappa shape index (κ2) is 9.31. The molecule has 3 N–H and O–H groups in total. The van der Waals surface area contributed by atoms with Gasteiger partial charge in [0.15, 0.2) is 5.82 Å². The average molecular weight is 561 g/mol. The molecule has 0 saturated heterocycles. The monoisotopic (exact) mass is 561 g/mol. The van der Waals surface area contributed by atoms with Crippen molar-refractivity contribution < 1.29 is 35.2 Å². The maximum atomic E-state index is 15.4. The number of aryl methyl sites for hydroxylation is 1. The van der Waals surface area contributed by atoms with Crippen LogP contribution in [0, 0.1) is 18.6 Å². The third kappa shape index (κ3) is 4.85. The number of carbonyl (C=O) groups excluding carboxylic acids is 1. The van der Waals surface area contributed by atoms with Crippen LogP contribution in [-0.2, 0) is 16.2 Å². The number of benzene rings is 2. The van der Waals surface area contributed by atoms with E-state index in [9.17, 15) is 30.8 Å². The van der Waals surface area contributed by atoms with Crippen LogP contribution in [0.5, 0.6) is 0 Å². The number of halogens is 5. The molecule has 39 heavy (non-hydrogen) atoms. The summed E-state index contributed by atoms with van der Waals surface area (Å²) in [6.45, 7) is 1.79. The molecule has 0 spiro atoms. The molecule has 2 aromatic carbocycles. The smallest absolute Gasteiger partial charge is 0.345 e. The number of sulfonamides is 1. The second-order valence-corrected chi connectivity index (χ2v) is 10.2. The van der Waals surface area contributed by atoms with Gasteiger partial charge in [-0.2, -0.15) is 13.2 Å². The summed E-state index contributed by atoms with van der Waals surface area (Å²) in [5, 5.41) is 0.237. The van der Waals surface area contributed by atoms with Crippen LogP contribution in [0.1, 0.15) is 27.2 Å². The van der Waals surface area contributed by atoms with E-state index in [1.54, 1.807) is 19.2 Å². The summed E-state index contributed by atoms with van der Waals surface area (Å²) >= 11 is 0. The summed E-state index contributed by atoms with van der Waals surface area (Å²) < 4.78 is 95.8. The molecule has 14 heteroatoms. The molecule has 0 amide bonds. The Bertz CT molecular complexity index is 1840. The second-order valence-electron chi connectivity index (χ2n) is 8.48. The molecule has 0 saturated carbocycles. The molecule has 0 radical (unpaired) electrons. The topological polar surface area (TPSA) is 121 Å². The number of aromatic nitrogens is 4. The van der Waals surface area contributed by atoms with Crippen molar-refractivity contribution in [1.29, 1.82) is 0 Å². The molecule has 3 heterocycles. The summed E-state index contributed by atoms with van der Waals surface area (Å²) in [5.74, 6) is -3.40. The Balaban J connectivity index is 1.50. The van der Waals surface area contributed by atoms with E-state index in [4.69, 9.17) is 0 Å². The van der Waals surface area contributed by atoms with Crippen molar-refractivity contribution in [2.24, 2.45) is 0 Å². The van der Waals surface area contributed by atoms with E-state index in [2.05, 4.69) is 19.9 Å². The highest BCUT2D eigenvalue weighted by molar-refractivity contribution is 7.92. The molecule has 0 aliphatic heterocycles. The number of anilines is 1. The summed E-state index contributed by atoms with van der Waals surface area (Å²) in [6, 6.07) is 5.49. The van der Waals surface area contributed by atoms with Crippen molar-refractivity contribution in [2.45, 2.75) is 18.0 Å². The largest absolute Gasteiger partial charge is 0.416 e. The number of nitrogens with zero attached hydrogens (tertiary/aromatic N) is 2. The maximum absolute atomic E-state index is 15.4. The zero-order valence-electron chi connectivity index (χ0n) is 19.7. The molecule has 5 rings (SSSR count). The Morgan fingerprint density at radius 1 is 1.00 bits per heavy atom. The highest BCUT2D eigenvalue weighted by Crippen LogP contribution is 2.32. The highest BCUT2D eigenvalue weighted by Gasteiger charge is 2.31. The van der Waals surface area contributed by atoms with Crippen molar-refractivity contribution >= 4 is 32.5 Å². The van der Waals surface area contributed by atoms with Crippen molar-refractivity contribution in [3.8, 4) is 11.4 Å². The molecule has 8 nitrogen and oxygen atoms in total. The van der Waals surface area contributed by atoms with Crippen LogP contribution in [0.3, 0.4) is 0 Å². The molecular weight excluding hydrogens is 545 g/mol. The lowest BCUT2D eigenvalue weighted by Gasteiger charge is -2.13. The number of rotatable bonds is 6. The zero-order chi connectivity index (χ0) is 28.1. The number of H-pyrrole nitrogens is 2. The van der Waals surface area contributed by atoms with Crippen LogP contribution < -0.4 is 4.72 Å². The molecular formula is C25H16F5N5O3S. The maximum Gasteiger partial charge on any atom is 0.416 e. The predicted octanol–water partition coefficient (Wildman–Crippen LogP) is 5.59. The van der Waals surface area contributed by atoms with Crippen molar-refractivity contribution in [1.82, 2.24) is 19.9 Å². The Labute approximate surface area is 217 Å². The minimum Gasteiger partial charge on any atom is -0.345 e. The number of fused-ring (bicyclic) bond motifs is 1.